The SMILES string of the molecule is COC(=O)CN1CCN(c2cc(OC)cc(F)c2[N+](=O)[O-])CC1. The number of hydrogen-bond acceptors (Lipinski definition) is 7. The molecule has 1 heterocycles. The van der Waals surface area contributed by atoms with Gasteiger partial charge >= 0.3 is 11.7 Å². The maximum absolute atomic E-state index is 14.0. The molecular formula is C14H18FN3O5. The number of hydrogen-bond donors (Lipinski definition) is 0. The first-order chi connectivity index (χ1) is 11.0. The van der Waals surface area contributed by atoms with Gasteiger partial charge in [0.2, 0.25) is 5.82 Å². The van der Waals surface area contributed by atoms with Gasteiger partial charge in [-0.3, -0.25) is 19.8 Å². The summed E-state index contributed by atoms with van der Waals surface area (Å²) in [5.74, 6) is -1.04. The van der Waals surface area contributed by atoms with Gasteiger partial charge in [0, 0.05) is 38.3 Å². The smallest absolute Gasteiger partial charge is 0.328 e. The number of carbonyl (C=O) groups excluding carboxylic acids is 1. The Hall–Kier alpha value is -2.42. The number of halogens is 1. The van der Waals surface area contributed by atoms with E-state index in [0.717, 1.165) is 6.07 Å². The Balaban J connectivity index is 2.18. The number of esters is 1. The third-order valence-electron chi connectivity index (χ3n) is 3.73. The molecule has 0 radical (unpaired) electrons. The van der Waals surface area contributed by atoms with Gasteiger partial charge in [-0.2, -0.15) is 4.39 Å². The van der Waals surface area contributed by atoms with E-state index in [1.165, 1.54) is 20.3 Å². The number of ether oxygens (including phenoxy) is 2. The van der Waals surface area contributed by atoms with Gasteiger partial charge in [-0.1, -0.05) is 0 Å². The Bertz CT molecular complexity index is 602. The minimum Gasteiger partial charge on any atom is -0.497 e. The van der Waals surface area contributed by atoms with Crippen molar-refractivity contribution in [3.8, 4) is 5.75 Å². The monoisotopic (exact) mass is 327 g/mol. The van der Waals surface area contributed by atoms with Crippen molar-refractivity contribution in [3.63, 3.8) is 0 Å². The second-order valence-electron chi connectivity index (χ2n) is 5.07. The largest absolute Gasteiger partial charge is 0.497 e. The van der Waals surface area contributed by atoms with Crippen LogP contribution in [0.1, 0.15) is 0 Å². The Morgan fingerprint density at radius 1 is 1.30 bits per heavy atom. The number of benzene rings is 1. The number of nitrogens with zero attached hydrogens (tertiary/aromatic N) is 3. The third kappa shape index (κ3) is 3.86. The van der Waals surface area contributed by atoms with Gasteiger partial charge in [0.05, 0.1) is 25.7 Å². The number of methoxy groups -OCH3 is 2. The highest BCUT2D eigenvalue weighted by atomic mass is 19.1. The Labute approximate surface area is 132 Å². The molecular weight excluding hydrogens is 309 g/mol. The highest BCUT2D eigenvalue weighted by Crippen LogP contribution is 2.35. The van der Waals surface area contributed by atoms with Crippen LogP contribution in [0.2, 0.25) is 0 Å². The lowest BCUT2D eigenvalue weighted by atomic mass is 10.2. The summed E-state index contributed by atoms with van der Waals surface area (Å²) in [5, 5.41) is 11.2. The van der Waals surface area contributed by atoms with Crippen molar-refractivity contribution in [3.05, 3.63) is 28.1 Å². The molecule has 0 atom stereocenters. The predicted molar refractivity (Wildman–Crippen MR) is 80.3 cm³/mol. The number of anilines is 1. The molecule has 1 saturated heterocycles. The van der Waals surface area contributed by atoms with E-state index in [-0.39, 0.29) is 24.0 Å². The van der Waals surface area contributed by atoms with Crippen molar-refractivity contribution in [1.82, 2.24) is 4.90 Å². The molecule has 23 heavy (non-hydrogen) atoms. The van der Waals surface area contributed by atoms with Crippen LogP contribution >= 0.6 is 0 Å². The van der Waals surface area contributed by atoms with E-state index in [1.54, 1.807) is 4.90 Å². The summed E-state index contributed by atoms with van der Waals surface area (Å²) in [4.78, 5) is 25.3. The zero-order valence-corrected chi connectivity index (χ0v) is 13.0. The summed E-state index contributed by atoms with van der Waals surface area (Å²) in [5.41, 5.74) is -0.378. The van der Waals surface area contributed by atoms with Crippen molar-refractivity contribution in [2.24, 2.45) is 0 Å². The van der Waals surface area contributed by atoms with E-state index in [1.807, 2.05) is 4.90 Å². The van der Waals surface area contributed by atoms with Crippen LogP contribution in [-0.4, -0.2) is 62.7 Å². The molecule has 1 aromatic carbocycles. The first-order valence-corrected chi connectivity index (χ1v) is 7.02. The summed E-state index contributed by atoms with van der Waals surface area (Å²) in [6.07, 6.45) is 0. The summed E-state index contributed by atoms with van der Waals surface area (Å²) < 4.78 is 23.6. The number of carbonyl (C=O) groups is 1. The normalized spacial score (nSPS) is 15.3. The van der Waals surface area contributed by atoms with Crippen molar-refractivity contribution in [2.75, 3.05) is 51.8 Å². The van der Waals surface area contributed by atoms with Gasteiger partial charge in [0.25, 0.3) is 0 Å². The molecule has 0 spiro atoms. The van der Waals surface area contributed by atoms with Crippen LogP contribution in [0.15, 0.2) is 12.1 Å². The Morgan fingerprint density at radius 2 is 1.96 bits per heavy atom. The Morgan fingerprint density at radius 3 is 2.48 bits per heavy atom. The van der Waals surface area contributed by atoms with Gasteiger partial charge < -0.3 is 14.4 Å². The quantitative estimate of drug-likeness (QED) is 0.454. The van der Waals surface area contributed by atoms with Crippen LogP contribution < -0.4 is 9.64 Å². The van der Waals surface area contributed by atoms with E-state index in [2.05, 4.69) is 4.74 Å². The average Bonchev–Trinajstić information content (AvgIpc) is 2.54. The molecule has 126 valence electrons. The number of rotatable bonds is 5. The molecule has 8 nitrogen and oxygen atoms in total. The highest BCUT2D eigenvalue weighted by molar-refractivity contribution is 5.71. The summed E-state index contributed by atoms with van der Waals surface area (Å²) in [7, 11) is 2.69. The summed E-state index contributed by atoms with van der Waals surface area (Å²) >= 11 is 0. The number of nitro benzene ring substituents is 1. The summed E-state index contributed by atoms with van der Waals surface area (Å²) in [6.45, 7) is 2.07. The van der Waals surface area contributed by atoms with E-state index in [4.69, 9.17) is 4.74 Å². The van der Waals surface area contributed by atoms with E-state index < -0.39 is 16.4 Å². The van der Waals surface area contributed by atoms with Crippen LogP contribution in [-0.2, 0) is 9.53 Å². The molecule has 0 unspecified atom stereocenters. The minimum absolute atomic E-state index is 0.166. The topological polar surface area (TPSA) is 85.2 Å². The second-order valence-corrected chi connectivity index (χ2v) is 5.07. The maximum atomic E-state index is 14.0. The first-order valence-electron chi connectivity index (χ1n) is 7.02. The van der Waals surface area contributed by atoms with Crippen LogP contribution in [0.25, 0.3) is 0 Å². The number of nitro groups is 1. The fourth-order valence-corrected chi connectivity index (χ4v) is 2.49. The van der Waals surface area contributed by atoms with Crippen LogP contribution in [0.5, 0.6) is 5.75 Å². The number of piperazine rings is 1. The molecule has 1 fully saturated rings. The molecule has 9 heteroatoms. The predicted octanol–water partition coefficient (Wildman–Crippen LogP) is 1.04. The zero-order valence-electron chi connectivity index (χ0n) is 13.0. The lowest BCUT2D eigenvalue weighted by Crippen LogP contribution is -2.48. The minimum atomic E-state index is -0.929. The molecule has 0 aromatic heterocycles. The lowest BCUT2D eigenvalue weighted by Gasteiger charge is -2.35. The Kier molecular flexibility index (Phi) is 5.32. The summed E-state index contributed by atoms with van der Waals surface area (Å²) in [6, 6.07) is 2.45. The first kappa shape index (κ1) is 16.9. The van der Waals surface area contributed by atoms with Crippen molar-refractivity contribution in [2.45, 2.75) is 0 Å². The fourth-order valence-electron chi connectivity index (χ4n) is 2.49. The van der Waals surface area contributed by atoms with E-state index in [0.29, 0.717) is 26.2 Å². The molecule has 0 saturated carbocycles. The third-order valence-corrected chi connectivity index (χ3v) is 3.73. The standard InChI is InChI=1S/C14H18FN3O5/c1-22-10-7-11(15)14(18(20)21)12(8-10)17-5-3-16(4-6-17)9-13(19)23-2/h7-8H,3-6,9H2,1-2H3. The molecule has 0 N–H and O–H groups in total. The van der Waals surface area contributed by atoms with Crippen LogP contribution in [0.4, 0.5) is 15.8 Å². The van der Waals surface area contributed by atoms with Crippen molar-refractivity contribution in [1.29, 1.82) is 0 Å². The molecule has 0 amide bonds. The molecule has 2 rings (SSSR count). The fraction of sp³-hybridized carbons (Fsp3) is 0.500. The van der Waals surface area contributed by atoms with Gasteiger partial charge in [0.15, 0.2) is 0 Å². The van der Waals surface area contributed by atoms with Gasteiger partial charge in [-0.25, -0.2) is 0 Å². The molecule has 0 aliphatic carbocycles. The average molecular weight is 327 g/mol. The van der Waals surface area contributed by atoms with E-state index in [9.17, 15) is 19.3 Å². The van der Waals surface area contributed by atoms with Crippen molar-refractivity contribution >= 4 is 17.3 Å². The maximum Gasteiger partial charge on any atom is 0.328 e. The molecule has 1 aliphatic rings. The van der Waals surface area contributed by atoms with Gasteiger partial charge in [0.1, 0.15) is 11.4 Å². The van der Waals surface area contributed by atoms with E-state index >= 15 is 0 Å². The van der Waals surface area contributed by atoms with Crippen LogP contribution in [0, 0.1) is 15.9 Å². The molecule has 1 aliphatic heterocycles. The van der Waals surface area contributed by atoms with Gasteiger partial charge in [-0.15, -0.1) is 0 Å². The van der Waals surface area contributed by atoms with Gasteiger partial charge in [-0.05, 0) is 0 Å². The molecule has 0 bridgehead atoms. The zero-order chi connectivity index (χ0) is 17.0. The van der Waals surface area contributed by atoms with Crippen LogP contribution in [0.3, 0.4) is 0 Å². The molecule has 1 aromatic rings. The van der Waals surface area contributed by atoms with Crippen molar-refractivity contribution < 1.29 is 23.6 Å². The second kappa shape index (κ2) is 7.23. The lowest BCUT2D eigenvalue weighted by molar-refractivity contribution is -0.386. The highest BCUT2D eigenvalue weighted by Gasteiger charge is 2.28.